The number of amides is 1. The van der Waals surface area contributed by atoms with E-state index in [0.29, 0.717) is 25.1 Å². The first-order valence-corrected chi connectivity index (χ1v) is 13.3. The summed E-state index contributed by atoms with van der Waals surface area (Å²) in [6.45, 7) is 5.91. The quantitative estimate of drug-likeness (QED) is 0.318. The number of phenols is 1. The van der Waals surface area contributed by atoms with E-state index in [1.807, 2.05) is 13.1 Å². The van der Waals surface area contributed by atoms with Crippen molar-refractivity contribution < 1.29 is 48.3 Å². The average molecular weight is 559 g/mol. The molecule has 2 aliphatic carbocycles. The molecular formula is C28H34N2O10. The van der Waals surface area contributed by atoms with Crippen LogP contribution in [0.15, 0.2) is 24.0 Å². The van der Waals surface area contributed by atoms with Crippen LogP contribution in [-0.2, 0) is 45.2 Å². The Bertz CT molecular complexity index is 1310. The van der Waals surface area contributed by atoms with E-state index in [1.54, 1.807) is 12.1 Å². The van der Waals surface area contributed by atoms with E-state index in [1.165, 1.54) is 20.8 Å². The number of carbonyl (C=O) groups excluding carboxylic acids is 4. The molecule has 1 aromatic carbocycles. The molecule has 0 radical (unpaired) electrons. The number of hydrogen-bond donors (Lipinski definition) is 3. The molecule has 4 aliphatic rings. The highest BCUT2D eigenvalue weighted by Crippen LogP contribution is 2.65. The minimum atomic E-state index is -1.33. The molecule has 0 aromatic heterocycles. The summed E-state index contributed by atoms with van der Waals surface area (Å²) >= 11 is 0. The first kappa shape index (κ1) is 27.9. The summed E-state index contributed by atoms with van der Waals surface area (Å²) in [7, 11) is 1.97. The number of carbonyl (C=O) groups is 4. The van der Waals surface area contributed by atoms with Crippen LogP contribution in [0, 0.1) is 0 Å². The Balaban J connectivity index is 1.31. The van der Waals surface area contributed by atoms with Crippen LogP contribution in [0.4, 0.5) is 0 Å². The van der Waals surface area contributed by atoms with E-state index in [-0.39, 0.29) is 24.0 Å². The Labute approximate surface area is 231 Å². The SMILES string of the molecule is CC(=O)O[C@@H](C)C(=O)N[C@@H](C)C(=O)O[C@@H](C)C(=O)OC1=CC[C@@]2(O)[C@H]3Cc4ccc(O)c5c4[C@@]2(CCN3C)[C@H]1O5. The number of phenolic OH excluding ortho intramolecular Hbond substituents is 1. The van der Waals surface area contributed by atoms with Crippen molar-refractivity contribution in [1.82, 2.24) is 10.2 Å². The van der Waals surface area contributed by atoms with E-state index in [0.717, 1.165) is 18.1 Å². The lowest BCUT2D eigenvalue weighted by Crippen LogP contribution is -2.74. The van der Waals surface area contributed by atoms with Crippen molar-refractivity contribution in [2.45, 2.75) is 88.4 Å². The zero-order chi connectivity index (χ0) is 29.1. The van der Waals surface area contributed by atoms with Gasteiger partial charge in [0, 0.05) is 24.9 Å². The first-order chi connectivity index (χ1) is 18.8. The number of rotatable bonds is 7. The lowest BCUT2D eigenvalue weighted by Gasteiger charge is -2.61. The Hall–Kier alpha value is -3.64. The van der Waals surface area contributed by atoms with Crippen molar-refractivity contribution in [3.63, 3.8) is 0 Å². The van der Waals surface area contributed by atoms with Crippen molar-refractivity contribution in [2.24, 2.45) is 0 Å². The van der Waals surface area contributed by atoms with E-state index in [9.17, 15) is 29.4 Å². The fourth-order valence-electron chi connectivity index (χ4n) is 6.65. The van der Waals surface area contributed by atoms with E-state index >= 15 is 0 Å². The number of benzene rings is 1. The third-order valence-electron chi connectivity index (χ3n) is 8.62. The first-order valence-electron chi connectivity index (χ1n) is 13.3. The normalized spacial score (nSPS) is 30.0. The number of piperidine rings is 1. The van der Waals surface area contributed by atoms with Gasteiger partial charge in [-0.25, -0.2) is 9.59 Å². The molecule has 1 aromatic rings. The minimum Gasteiger partial charge on any atom is -0.504 e. The second kappa shape index (κ2) is 9.77. The van der Waals surface area contributed by atoms with Crippen LogP contribution in [0.1, 0.15) is 51.7 Å². The fourth-order valence-corrected chi connectivity index (χ4v) is 6.65. The van der Waals surface area contributed by atoms with Crippen LogP contribution in [-0.4, -0.2) is 88.5 Å². The molecule has 3 N–H and O–H groups in total. The van der Waals surface area contributed by atoms with Crippen LogP contribution in [0.5, 0.6) is 11.5 Å². The summed E-state index contributed by atoms with van der Waals surface area (Å²) in [4.78, 5) is 50.9. The molecule has 2 bridgehead atoms. The zero-order valence-corrected chi connectivity index (χ0v) is 23.1. The van der Waals surface area contributed by atoms with Crippen LogP contribution in [0.2, 0.25) is 0 Å². The van der Waals surface area contributed by atoms with Gasteiger partial charge in [-0.15, -0.1) is 0 Å². The molecule has 7 atom stereocenters. The number of likely N-dealkylation sites (N-methyl/N-ethyl adjacent to an activating group) is 1. The Morgan fingerprint density at radius 2 is 1.85 bits per heavy atom. The predicted octanol–water partition coefficient (Wildman–Crippen LogP) is 0.601. The van der Waals surface area contributed by atoms with Crippen LogP contribution in [0.25, 0.3) is 0 Å². The maximum atomic E-state index is 13.1. The van der Waals surface area contributed by atoms with E-state index in [4.69, 9.17) is 18.9 Å². The standard InChI is InChI=1S/C28H34N2O10/c1-13(29-24(33)14(2)37-16(4)31)25(34)38-15(3)26(35)39-19-8-9-28(36)20-12-17-6-7-18(32)22-21(17)27(28,23(19)40-22)10-11-30(20)5/h6-8,13-15,20,23,32,36H,9-12H2,1-5H3,(H,29,33)/t13-,14-,15-,20+,23-,27-,28+/m0/s1. The molecule has 2 aliphatic heterocycles. The van der Waals surface area contributed by atoms with Gasteiger partial charge in [0.05, 0.1) is 11.0 Å². The number of likely N-dealkylation sites (tertiary alicyclic amines) is 1. The van der Waals surface area contributed by atoms with Gasteiger partial charge < -0.3 is 39.4 Å². The molecule has 12 nitrogen and oxygen atoms in total. The number of nitrogens with one attached hydrogen (secondary N) is 1. The highest BCUT2D eigenvalue weighted by atomic mass is 16.6. The van der Waals surface area contributed by atoms with Crippen LogP contribution < -0.4 is 10.1 Å². The topological polar surface area (TPSA) is 161 Å². The van der Waals surface area contributed by atoms with Crippen LogP contribution >= 0.6 is 0 Å². The maximum absolute atomic E-state index is 13.1. The van der Waals surface area contributed by atoms with Gasteiger partial charge >= 0.3 is 17.9 Å². The van der Waals surface area contributed by atoms with Crippen molar-refractivity contribution in [2.75, 3.05) is 13.6 Å². The summed E-state index contributed by atoms with van der Waals surface area (Å²) < 4.78 is 22.0. The summed E-state index contributed by atoms with van der Waals surface area (Å²) in [6, 6.07) is 2.11. The molecule has 1 fully saturated rings. The van der Waals surface area contributed by atoms with Gasteiger partial charge in [-0.2, -0.15) is 0 Å². The third kappa shape index (κ3) is 4.12. The maximum Gasteiger partial charge on any atom is 0.352 e. The van der Waals surface area contributed by atoms with Crippen molar-refractivity contribution in [3.8, 4) is 11.5 Å². The summed E-state index contributed by atoms with van der Waals surface area (Å²) in [6.07, 6.45) is -0.351. The molecule has 216 valence electrons. The lowest BCUT2D eigenvalue weighted by molar-refractivity contribution is -0.176. The lowest BCUT2D eigenvalue weighted by atomic mass is 9.50. The molecular weight excluding hydrogens is 524 g/mol. The molecule has 1 amide bonds. The second-order valence-electron chi connectivity index (χ2n) is 11.1. The summed E-state index contributed by atoms with van der Waals surface area (Å²) in [5, 5.41) is 25.2. The van der Waals surface area contributed by atoms with Gasteiger partial charge in [0.1, 0.15) is 11.8 Å². The Morgan fingerprint density at radius 1 is 1.12 bits per heavy atom. The predicted molar refractivity (Wildman–Crippen MR) is 137 cm³/mol. The summed E-state index contributed by atoms with van der Waals surface area (Å²) in [5.74, 6) is -2.66. The molecule has 1 spiro atoms. The molecule has 0 saturated carbocycles. The monoisotopic (exact) mass is 558 g/mol. The van der Waals surface area contributed by atoms with Gasteiger partial charge in [-0.1, -0.05) is 6.07 Å². The Morgan fingerprint density at radius 3 is 2.55 bits per heavy atom. The van der Waals surface area contributed by atoms with E-state index in [2.05, 4.69) is 10.2 Å². The van der Waals surface area contributed by atoms with E-state index < -0.39 is 59.2 Å². The van der Waals surface area contributed by atoms with Gasteiger partial charge in [-0.3, -0.25) is 9.59 Å². The minimum absolute atomic E-state index is 0.0470. The number of aliphatic hydroxyl groups is 1. The molecule has 40 heavy (non-hydrogen) atoms. The molecule has 1 saturated heterocycles. The van der Waals surface area contributed by atoms with Gasteiger partial charge in [0.2, 0.25) is 0 Å². The van der Waals surface area contributed by atoms with Gasteiger partial charge in [0.15, 0.2) is 29.8 Å². The van der Waals surface area contributed by atoms with Crippen molar-refractivity contribution in [3.05, 3.63) is 35.1 Å². The molecule has 0 unspecified atom stereocenters. The smallest absolute Gasteiger partial charge is 0.352 e. The number of ether oxygens (including phenoxy) is 4. The highest BCUT2D eigenvalue weighted by molar-refractivity contribution is 5.88. The third-order valence-corrected chi connectivity index (χ3v) is 8.62. The fraction of sp³-hybridized carbons (Fsp3) is 0.571. The largest absolute Gasteiger partial charge is 0.504 e. The van der Waals surface area contributed by atoms with Crippen molar-refractivity contribution in [1.29, 1.82) is 0 Å². The highest BCUT2D eigenvalue weighted by Gasteiger charge is 2.72. The average Bonchev–Trinajstić information content (AvgIpc) is 3.24. The number of aromatic hydroxyl groups is 1. The molecule has 2 heterocycles. The Kier molecular flexibility index (Phi) is 6.82. The van der Waals surface area contributed by atoms with Crippen LogP contribution in [0.3, 0.4) is 0 Å². The summed E-state index contributed by atoms with van der Waals surface area (Å²) in [5.41, 5.74) is -0.391. The zero-order valence-electron chi connectivity index (χ0n) is 23.1. The van der Waals surface area contributed by atoms with Gasteiger partial charge in [0.25, 0.3) is 5.91 Å². The second-order valence-corrected chi connectivity index (χ2v) is 11.1. The number of nitrogens with zero attached hydrogens (tertiary/aromatic N) is 1. The number of esters is 3. The molecule has 12 heteroatoms. The van der Waals surface area contributed by atoms with Gasteiger partial charge in [-0.05, 0) is 64.9 Å². The molecule has 5 rings (SSSR count). The number of hydrogen-bond acceptors (Lipinski definition) is 11. The van der Waals surface area contributed by atoms with Crippen molar-refractivity contribution >= 4 is 23.8 Å².